The maximum absolute atomic E-state index is 12.2. The number of rotatable bonds is 6. The molecule has 0 saturated heterocycles. The van der Waals surface area contributed by atoms with Crippen molar-refractivity contribution in [3.8, 4) is 0 Å². The number of fused-ring (bicyclic) bond motifs is 1. The summed E-state index contributed by atoms with van der Waals surface area (Å²) in [5.74, 6) is 0.161. The monoisotopic (exact) mass is 421 g/mol. The predicted octanol–water partition coefficient (Wildman–Crippen LogP) is 4.02. The fraction of sp³-hybridized carbons (Fsp3) is 0.222. The lowest BCUT2D eigenvalue weighted by molar-refractivity contribution is -0.113. The van der Waals surface area contributed by atoms with Crippen molar-refractivity contribution in [1.29, 1.82) is 0 Å². The number of hydrogen-bond donors (Lipinski definition) is 2. The topological polar surface area (TPSA) is 88.2 Å². The Labute approximate surface area is 166 Å². The van der Waals surface area contributed by atoms with E-state index in [-0.39, 0.29) is 11.7 Å². The van der Waals surface area contributed by atoms with Gasteiger partial charge in [-0.3, -0.25) is 9.52 Å². The molecule has 0 radical (unpaired) electrons. The molecule has 0 atom stereocenters. The van der Waals surface area contributed by atoms with Crippen LogP contribution < -0.4 is 10.0 Å². The van der Waals surface area contributed by atoms with Gasteiger partial charge in [-0.15, -0.1) is 11.3 Å². The molecular formula is C18H19N3O3S3. The van der Waals surface area contributed by atoms with E-state index in [1.807, 2.05) is 32.0 Å². The summed E-state index contributed by atoms with van der Waals surface area (Å²) in [6.45, 7) is 3.94. The molecule has 1 amide bonds. The first-order chi connectivity index (χ1) is 12.7. The van der Waals surface area contributed by atoms with Gasteiger partial charge in [0.25, 0.3) is 0 Å². The van der Waals surface area contributed by atoms with Gasteiger partial charge in [0.15, 0.2) is 4.34 Å². The summed E-state index contributed by atoms with van der Waals surface area (Å²) in [6, 6.07) is 11.1. The van der Waals surface area contributed by atoms with Crippen LogP contribution in [0.1, 0.15) is 11.1 Å². The maximum atomic E-state index is 12.2. The van der Waals surface area contributed by atoms with Crippen LogP contribution in [0, 0.1) is 13.8 Å². The summed E-state index contributed by atoms with van der Waals surface area (Å²) >= 11 is 2.79. The van der Waals surface area contributed by atoms with E-state index < -0.39 is 10.0 Å². The first-order valence-electron chi connectivity index (χ1n) is 8.08. The zero-order valence-corrected chi connectivity index (χ0v) is 17.5. The van der Waals surface area contributed by atoms with Gasteiger partial charge in [-0.05, 0) is 49.2 Å². The average molecular weight is 422 g/mol. The number of carbonyl (C=O) groups is 1. The van der Waals surface area contributed by atoms with Gasteiger partial charge >= 0.3 is 0 Å². The fourth-order valence-corrected chi connectivity index (χ4v) is 4.89. The molecule has 27 heavy (non-hydrogen) atoms. The van der Waals surface area contributed by atoms with Gasteiger partial charge in [-0.2, -0.15) is 0 Å². The molecule has 0 spiro atoms. The minimum atomic E-state index is -3.32. The molecular weight excluding hydrogens is 402 g/mol. The van der Waals surface area contributed by atoms with Gasteiger partial charge < -0.3 is 5.32 Å². The van der Waals surface area contributed by atoms with E-state index in [2.05, 4.69) is 15.0 Å². The molecule has 9 heteroatoms. The molecule has 2 N–H and O–H groups in total. The van der Waals surface area contributed by atoms with Crippen molar-refractivity contribution in [2.75, 3.05) is 22.0 Å². The van der Waals surface area contributed by atoms with E-state index in [1.54, 1.807) is 18.2 Å². The summed E-state index contributed by atoms with van der Waals surface area (Å²) in [5.41, 5.74) is 4.20. The molecule has 0 aliphatic rings. The zero-order chi connectivity index (χ0) is 19.6. The van der Waals surface area contributed by atoms with Crippen molar-refractivity contribution in [3.05, 3.63) is 47.5 Å². The van der Waals surface area contributed by atoms with E-state index in [0.717, 1.165) is 37.6 Å². The highest BCUT2D eigenvalue weighted by atomic mass is 32.2. The second kappa shape index (κ2) is 7.87. The molecule has 1 aromatic heterocycles. The predicted molar refractivity (Wildman–Crippen MR) is 113 cm³/mol. The van der Waals surface area contributed by atoms with Gasteiger partial charge in [-0.1, -0.05) is 23.9 Å². The minimum Gasteiger partial charge on any atom is -0.325 e. The molecule has 3 rings (SSSR count). The Morgan fingerprint density at radius 1 is 1.19 bits per heavy atom. The third-order valence-corrected chi connectivity index (χ3v) is 6.43. The van der Waals surface area contributed by atoms with E-state index in [1.165, 1.54) is 23.1 Å². The Morgan fingerprint density at radius 2 is 1.96 bits per heavy atom. The van der Waals surface area contributed by atoms with Crippen molar-refractivity contribution in [3.63, 3.8) is 0 Å². The number of amides is 1. The van der Waals surface area contributed by atoms with Gasteiger partial charge in [0.2, 0.25) is 15.9 Å². The number of aromatic nitrogens is 1. The van der Waals surface area contributed by atoms with Crippen LogP contribution in [-0.4, -0.2) is 31.3 Å². The Bertz CT molecular complexity index is 1110. The molecule has 6 nitrogen and oxygen atoms in total. The minimum absolute atomic E-state index is 0.0904. The average Bonchev–Trinajstić information content (AvgIpc) is 2.97. The molecule has 0 bridgehead atoms. The number of sulfonamides is 1. The van der Waals surface area contributed by atoms with E-state index in [0.29, 0.717) is 5.69 Å². The summed E-state index contributed by atoms with van der Waals surface area (Å²) in [5, 5.41) is 2.93. The van der Waals surface area contributed by atoms with Crippen molar-refractivity contribution >= 4 is 60.6 Å². The van der Waals surface area contributed by atoms with E-state index >= 15 is 0 Å². The number of carbonyl (C=O) groups excluding carboxylic acids is 1. The number of thioether (sulfide) groups is 1. The lowest BCUT2D eigenvalue weighted by atomic mass is 10.1. The molecule has 0 fully saturated rings. The summed E-state index contributed by atoms with van der Waals surface area (Å²) in [4.78, 5) is 16.7. The smallest absolute Gasteiger partial charge is 0.234 e. The van der Waals surface area contributed by atoms with Crippen LogP contribution in [-0.2, 0) is 14.8 Å². The largest absolute Gasteiger partial charge is 0.325 e. The molecule has 142 valence electrons. The first kappa shape index (κ1) is 19.7. The summed E-state index contributed by atoms with van der Waals surface area (Å²) in [6.07, 6.45) is 1.11. The van der Waals surface area contributed by atoms with Gasteiger partial charge in [-0.25, -0.2) is 13.4 Å². The molecule has 0 aliphatic heterocycles. The van der Waals surface area contributed by atoms with Crippen molar-refractivity contribution < 1.29 is 13.2 Å². The lowest BCUT2D eigenvalue weighted by Crippen LogP contribution is -2.14. The lowest BCUT2D eigenvalue weighted by Gasteiger charge is -2.08. The standard InChI is InChI=1S/C18H19N3O3S3/c1-11-4-5-12(2)15(8-11)19-17(22)10-25-18-20-14-7-6-13(9-16(14)26-18)21-27(3,23)24/h4-9,21H,10H2,1-3H3,(H,19,22). The van der Waals surface area contributed by atoms with Gasteiger partial charge in [0, 0.05) is 5.69 Å². The van der Waals surface area contributed by atoms with Gasteiger partial charge in [0.1, 0.15) is 0 Å². The third kappa shape index (κ3) is 5.44. The van der Waals surface area contributed by atoms with Crippen LogP contribution in [0.5, 0.6) is 0 Å². The number of hydrogen-bond acceptors (Lipinski definition) is 6. The molecule has 2 aromatic carbocycles. The summed E-state index contributed by atoms with van der Waals surface area (Å²) < 4.78 is 26.8. The Kier molecular flexibility index (Phi) is 5.73. The molecule has 0 unspecified atom stereocenters. The molecule has 1 heterocycles. The van der Waals surface area contributed by atoms with E-state index in [4.69, 9.17) is 0 Å². The van der Waals surface area contributed by atoms with Crippen LogP contribution in [0.3, 0.4) is 0 Å². The number of thiazole rings is 1. The third-order valence-electron chi connectivity index (χ3n) is 3.67. The maximum Gasteiger partial charge on any atom is 0.234 e. The van der Waals surface area contributed by atoms with Crippen LogP contribution in [0.15, 0.2) is 40.7 Å². The number of aryl methyl sites for hydroxylation is 2. The van der Waals surface area contributed by atoms with Crippen molar-refractivity contribution in [2.45, 2.75) is 18.2 Å². The number of anilines is 2. The molecule has 0 aliphatic carbocycles. The van der Waals surface area contributed by atoms with Crippen molar-refractivity contribution in [1.82, 2.24) is 4.98 Å². The molecule has 3 aromatic rings. The van der Waals surface area contributed by atoms with E-state index in [9.17, 15) is 13.2 Å². The highest BCUT2D eigenvalue weighted by Crippen LogP contribution is 2.31. The number of nitrogens with one attached hydrogen (secondary N) is 2. The SMILES string of the molecule is Cc1ccc(C)c(NC(=O)CSc2nc3ccc(NS(C)(=O)=O)cc3s2)c1. The Hall–Kier alpha value is -2.10. The highest BCUT2D eigenvalue weighted by molar-refractivity contribution is 8.01. The number of nitrogens with zero attached hydrogens (tertiary/aromatic N) is 1. The van der Waals surface area contributed by atoms with Crippen LogP contribution in [0.2, 0.25) is 0 Å². The second-order valence-corrected chi connectivity index (χ2v) is 10.2. The zero-order valence-electron chi connectivity index (χ0n) is 15.1. The Balaban J connectivity index is 1.66. The highest BCUT2D eigenvalue weighted by Gasteiger charge is 2.11. The molecule has 0 saturated carbocycles. The van der Waals surface area contributed by atoms with Gasteiger partial charge in [0.05, 0.1) is 27.9 Å². The quantitative estimate of drug-likeness (QED) is 0.587. The normalized spacial score (nSPS) is 11.5. The van der Waals surface area contributed by atoms with Crippen LogP contribution >= 0.6 is 23.1 Å². The Morgan fingerprint density at radius 3 is 2.70 bits per heavy atom. The van der Waals surface area contributed by atoms with Crippen LogP contribution in [0.25, 0.3) is 10.2 Å². The van der Waals surface area contributed by atoms with Crippen molar-refractivity contribution in [2.24, 2.45) is 0 Å². The summed E-state index contributed by atoms with van der Waals surface area (Å²) in [7, 11) is -3.32. The van der Waals surface area contributed by atoms with Crippen LogP contribution in [0.4, 0.5) is 11.4 Å². The number of benzene rings is 2. The first-order valence-corrected chi connectivity index (χ1v) is 11.8. The fourth-order valence-electron chi connectivity index (χ4n) is 2.43. The second-order valence-electron chi connectivity index (χ2n) is 6.19.